The maximum atomic E-state index is 11.4. The molecule has 2 N–H and O–H groups in total. The van der Waals surface area contributed by atoms with Gasteiger partial charge in [-0.2, -0.15) is 0 Å². The molecule has 1 amide bonds. The van der Waals surface area contributed by atoms with E-state index in [1.165, 1.54) is 0 Å². The highest BCUT2D eigenvalue weighted by atomic mass is 16.4. The Morgan fingerprint density at radius 1 is 1.44 bits per heavy atom. The Balaban J connectivity index is 2.61. The zero-order chi connectivity index (χ0) is 11.9. The van der Waals surface area contributed by atoms with Crippen LogP contribution in [0.25, 0.3) is 0 Å². The molecular formula is C12H13NO3. The number of fused-ring (bicyclic) bond motifs is 1. The minimum atomic E-state index is -0.943. The number of aryl methyl sites for hydroxylation is 2. The molecule has 0 saturated heterocycles. The lowest BCUT2D eigenvalue weighted by Crippen LogP contribution is -2.28. The van der Waals surface area contributed by atoms with Crippen molar-refractivity contribution in [3.05, 3.63) is 28.8 Å². The number of carbonyl (C=O) groups is 2. The van der Waals surface area contributed by atoms with Crippen LogP contribution >= 0.6 is 0 Å². The molecular weight excluding hydrogens is 206 g/mol. The van der Waals surface area contributed by atoms with Crippen molar-refractivity contribution in [1.29, 1.82) is 0 Å². The fourth-order valence-corrected chi connectivity index (χ4v) is 2.15. The minimum absolute atomic E-state index is 0.0191. The molecule has 1 aliphatic heterocycles. The SMILES string of the molecule is Cc1cc(C)c2c(c1)C(C(=O)O)CC(=O)N2. The third-order valence-electron chi connectivity index (χ3n) is 2.84. The number of anilines is 1. The lowest BCUT2D eigenvalue weighted by atomic mass is 9.88. The largest absolute Gasteiger partial charge is 0.481 e. The average molecular weight is 219 g/mol. The highest BCUT2D eigenvalue weighted by Gasteiger charge is 2.31. The van der Waals surface area contributed by atoms with Gasteiger partial charge >= 0.3 is 5.97 Å². The Hall–Kier alpha value is -1.84. The third kappa shape index (κ3) is 1.66. The van der Waals surface area contributed by atoms with E-state index in [1.807, 2.05) is 26.0 Å². The van der Waals surface area contributed by atoms with Crippen LogP contribution in [0.2, 0.25) is 0 Å². The van der Waals surface area contributed by atoms with Crippen molar-refractivity contribution in [3.63, 3.8) is 0 Å². The number of hydrogen-bond acceptors (Lipinski definition) is 2. The van der Waals surface area contributed by atoms with Gasteiger partial charge in [0.15, 0.2) is 0 Å². The van der Waals surface area contributed by atoms with Crippen LogP contribution in [0.15, 0.2) is 12.1 Å². The summed E-state index contributed by atoms with van der Waals surface area (Å²) in [7, 11) is 0. The van der Waals surface area contributed by atoms with Gasteiger partial charge in [-0.15, -0.1) is 0 Å². The second kappa shape index (κ2) is 3.63. The van der Waals surface area contributed by atoms with Crippen molar-refractivity contribution >= 4 is 17.6 Å². The topological polar surface area (TPSA) is 66.4 Å². The molecule has 16 heavy (non-hydrogen) atoms. The molecule has 4 nitrogen and oxygen atoms in total. The first kappa shape index (κ1) is 10.7. The molecule has 0 saturated carbocycles. The number of carboxylic acids is 1. The van der Waals surface area contributed by atoms with Gasteiger partial charge < -0.3 is 10.4 Å². The van der Waals surface area contributed by atoms with Gasteiger partial charge in [-0.1, -0.05) is 17.7 Å². The van der Waals surface area contributed by atoms with Crippen molar-refractivity contribution in [2.24, 2.45) is 0 Å². The summed E-state index contributed by atoms with van der Waals surface area (Å²) in [6.45, 7) is 3.79. The minimum Gasteiger partial charge on any atom is -0.481 e. The number of rotatable bonds is 1. The second-order valence-corrected chi connectivity index (χ2v) is 4.19. The lowest BCUT2D eigenvalue weighted by Gasteiger charge is -2.24. The van der Waals surface area contributed by atoms with E-state index in [0.717, 1.165) is 11.1 Å². The fraction of sp³-hybridized carbons (Fsp3) is 0.333. The van der Waals surface area contributed by atoms with Crippen molar-refractivity contribution in [2.75, 3.05) is 5.32 Å². The number of nitrogens with one attached hydrogen (secondary N) is 1. The number of hydrogen-bond donors (Lipinski definition) is 2. The monoisotopic (exact) mass is 219 g/mol. The standard InChI is InChI=1S/C12H13NO3/c1-6-3-7(2)11-8(4-6)9(12(15)16)5-10(14)13-11/h3-4,9H,5H2,1-2H3,(H,13,14)(H,15,16). The van der Waals surface area contributed by atoms with Gasteiger partial charge in [-0.05, 0) is 25.0 Å². The molecule has 0 aliphatic carbocycles. The first-order valence-electron chi connectivity index (χ1n) is 5.13. The van der Waals surface area contributed by atoms with Gasteiger partial charge in [0.2, 0.25) is 5.91 Å². The van der Waals surface area contributed by atoms with Crippen LogP contribution in [0.1, 0.15) is 29.0 Å². The normalized spacial score (nSPS) is 18.9. The number of amides is 1. The summed E-state index contributed by atoms with van der Waals surface area (Å²) < 4.78 is 0. The van der Waals surface area contributed by atoms with E-state index in [2.05, 4.69) is 5.32 Å². The zero-order valence-corrected chi connectivity index (χ0v) is 9.20. The Bertz CT molecular complexity index is 479. The van der Waals surface area contributed by atoms with Crippen LogP contribution in [0, 0.1) is 13.8 Å². The first-order chi connectivity index (χ1) is 7.49. The van der Waals surface area contributed by atoms with Gasteiger partial charge in [-0.25, -0.2) is 0 Å². The summed E-state index contributed by atoms with van der Waals surface area (Å²) >= 11 is 0. The first-order valence-corrected chi connectivity index (χ1v) is 5.13. The van der Waals surface area contributed by atoms with Crippen LogP contribution in [-0.4, -0.2) is 17.0 Å². The summed E-state index contributed by atoms with van der Waals surface area (Å²) in [6, 6.07) is 3.77. The van der Waals surface area contributed by atoms with Crippen molar-refractivity contribution in [2.45, 2.75) is 26.2 Å². The smallest absolute Gasteiger partial charge is 0.311 e. The highest BCUT2D eigenvalue weighted by molar-refractivity contribution is 6.00. The lowest BCUT2D eigenvalue weighted by molar-refractivity contribution is -0.140. The van der Waals surface area contributed by atoms with Crippen LogP contribution in [0.4, 0.5) is 5.69 Å². The molecule has 4 heteroatoms. The molecule has 0 bridgehead atoms. The van der Waals surface area contributed by atoms with Crippen molar-refractivity contribution in [3.8, 4) is 0 Å². The van der Waals surface area contributed by atoms with Crippen LogP contribution < -0.4 is 5.32 Å². The fourth-order valence-electron chi connectivity index (χ4n) is 2.15. The van der Waals surface area contributed by atoms with Gasteiger partial charge in [0.25, 0.3) is 0 Å². The summed E-state index contributed by atoms with van der Waals surface area (Å²) in [6.07, 6.45) is 0.0191. The molecule has 2 rings (SSSR count). The molecule has 1 atom stereocenters. The number of benzene rings is 1. The summed E-state index contributed by atoms with van der Waals surface area (Å²) in [5.41, 5.74) is 3.30. The summed E-state index contributed by atoms with van der Waals surface area (Å²) in [5, 5.41) is 11.8. The van der Waals surface area contributed by atoms with E-state index < -0.39 is 11.9 Å². The zero-order valence-electron chi connectivity index (χ0n) is 9.20. The van der Waals surface area contributed by atoms with E-state index >= 15 is 0 Å². The molecule has 0 fully saturated rings. The van der Waals surface area contributed by atoms with E-state index in [-0.39, 0.29) is 12.3 Å². The van der Waals surface area contributed by atoms with Crippen LogP contribution in [0.5, 0.6) is 0 Å². The quantitative estimate of drug-likeness (QED) is 0.757. The molecule has 1 aliphatic rings. The Morgan fingerprint density at radius 3 is 2.75 bits per heavy atom. The van der Waals surface area contributed by atoms with Gasteiger partial charge in [0.05, 0.1) is 5.92 Å². The predicted octanol–water partition coefficient (Wildman–Crippen LogP) is 1.81. The number of carbonyl (C=O) groups excluding carboxylic acids is 1. The van der Waals surface area contributed by atoms with Gasteiger partial charge in [-0.3, -0.25) is 9.59 Å². The van der Waals surface area contributed by atoms with E-state index in [1.54, 1.807) is 0 Å². The molecule has 84 valence electrons. The van der Waals surface area contributed by atoms with Gasteiger partial charge in [0, 0.05) is 12.1 Å². The van der Waals surface area contributed by atoms with E-state index in [0.29, 0.717) is 11.3 Å². The molecule has 1 heterocycles. The Kier molecular flexibility index (Phi) is 2.42. The summed E-state index contributed by atoms with van der Waals surface area (Å²) in [4.78, 5) is 22.5. The molecule has 0 radical (unpaired) electrons. The Morgan fingerprint density at radius 2 is 2.12 bits per heavy atom. The predicted molar refractivity (Wildman–Crippen MR) is 59.5 cm³/mol. The molecule has 1 aromatic carbocycles. The van der Waals surface area contributed by atoms with E-state index in [9.17, 15) is 9.59 Å². The average Bonchev–Trinajstić information content (AvgIpc) is 2.18. The summed E-state index contributed by atoms with van der Waals surface area (Å²) in [5.74, 6) is -1.89. The maximum absolute atomic E-state index is 11.4. The Labute approximate surface area is 93.3 Å². The molecule has 1 aromatic rings. The number of aliphatic carboxylic acids is 1. The maximum Gasteiger partial charge on any atom is 0.311 e. The van der Waals surface area contributed by atoms with Gasteiger partial charge in [0.1, 0.15) is 0 Å². The highest BCUT2D eigenvalue weighted by Crippen LogP contribution is 2.35. The van der Waals surface area contributed by atoms with Crippen LogP contribution in [0.3, 0.4) is 0 Å². The van der Waals surface area contributed by atoms with Crippen molar-refractivity contribution < 1.29 is 14.7 Å². The third-order valence-corrected chi connectivity index (χ3v) is 2.84. The second-order valence-electron chi connectivity index (χ2n) is 4.19. The molecule has 0 aromatic heterocycles. The van der Waals surface area contributed by atoms with E-state index in [4.69, 9.17) is 5.11 Å². The molecule has 0 spiro atoms. The molecule has 1 unspecified atom stereocenters. The number of carboxylic acid groups (broad SMARTS) is 1. The van der Waals surface area contributed by atoms with Crippen molar-refractivity contribution in [1.82, 2.24) is 0 Å². The van der Waals surface area contributed by atoms with Crippen LogP contribution in [-0.2, 0) is 9.59 Å².